The highest BCUT2D eigenvalue weighted by molar-refractivity contribution is 5.72. The molecule has 0 saturated heterocycles. The minimum absolute atomic E-state index is 0.232. The van der Waals surface area contributed by atoms with E-state index < -0.39 is 18.2 Å². The van der Waals surface area contributed by atoms with E-state index in [1.807, 2.05) is 6.92 Å². The molecule has 98 valence electrons. The number of carboxylic acid groups (broad SMARTS) is 1. The summed E-state index contributed by atoms with van der Waals surface area (Å²) in [7, 11) is 0. The Morgan fingerprint density at radius 1 is 1.61 bits per heavy atom. The van der Waals surface area contributed by atoms with Gasteiger partial charge in [0.05, 0.1) is 0 Å². The van der Waals surface area contributed by atoms with Gasteiger partial charge < -0.3 is 19.7 Å². The molecule has 2 N–H and O–H groups in total. The molecule has 0 saturated carbocycles. The second-order valence-corrected chi connectivity index (χ2v) is 4.26. The van der Waals surface area contributed by atoms with Gasteiger partial charge in [0.2, 0.25) is 0 Å². The highest BCUT2D eigenvalue weighted by Crippen LogP contribution is 2.35. The molecule has 0 spiro atoms. The molecule has 2 atom stereocenters. The third-order valence-corrected chi connectivity index (χ3v) is 2.85. The molecule has 0 aromatic heterocycles. The van der Waals surface area contributed by atoms with E-state index in [-0.39, 0.29) is 6.61 Å². The zero-order valence-electron chi connectivity index (χ0n) is 10.1. The third-order valence-electron chi connectivity index (χ3n) is 2.85. The van der Waals surface area contributed by atoms with Crippen molar-refractivity contribution in [3.63, 3.8) is 0 Å². The highest BCUT2D eigenvalue weighted by Gasteiger charge is 2.24. The van der Waals surface area contributed by atoms with Gasteiger partial charge in [0.15, 0.2) is 6.10 Å². The number of aliphatic carboxylic acids is 1. The fourth-order valence-corrected chi connectivity index (χ4v) is 1.91. The molecule has 18 heavy (non-hydrogen) atoms. The second kappa shape index (κ2) is 5.27. The number of carboxylic acids is 1. The van der Waals surface area contributed by atoms with E-state index in [1.54, 1.807) is 18.2 Å². The van der Waals surface area contributed by atoms with Crippen LogP contribution in [0.2, 0.25) is 0 Å². The molecule has 2 unspecified atom stereocenters. The molecule has 1 aliphatic heterocycles. The molecule has 5 nitrogen and oxygen atoms in total. The van der Waals surface area contributed by atoms with Crippen molar-refractivity contribution in [3.8, 4) is 11.5 Å². The lowest BCUT2D eigenvalue weighted by atomic mass is 10.1. The monoisotopic (exact) mass is 252 g/mol. The molecule has 0 aliphatic carbocycles. The number of benzene rings is 1. The maximum absolute atomic E-state index is 11.0. The van der Waals surface area contributed by atoms with Crippen LogP contribution in [0.25, 0.3) is 0 Å². The van der Waals surface area contributed by atoms with E-state index in [0.717, 1.165) is 6.42 Å². The van der Waals surface area contributed by atoms with E-state index in [9.17, 15) is 9.90 Å². The maximum Gasteiger partial charge on any atom is 0.344 e. The van der Waals surface area contributed by atoms with Crippen LogP contribution >= 0.6 is 0 Å². The maximum atomic E-state index is 11.0. The van der Waals surface area contributed by atoms with E-state index in [2.05, 4.69) is 0 Å². The molecule has 1 aromatic rings. The smallest absolute Gasteiger partial charge is 0.344 e. The zero-order chi connectivity index (χ0) is 13.1. The lowest BCUT2D eigenvalue weighted by molar-refractivity contribution is -0.145. The number of aliphatic hydroxyl groups is 1. The molecule has 1 aromatic carbocycles. The zero-order valence-corrected chi connectivity index (χ0v) is 10.1. The topological polar surface area (TPSA) is 76.0 Å². The van der Waals surface area contributed by atoms with Gasteiger partial charge in [-0.05, 0) is 18.6 Å². The van der Waals surface area contributed by atoms with Gasteiger partial charge in [0.1, 0.15) is 24.2 Å². The molecule has 2 rings (SSSR count). The third kappa shape index (κ3) is 2.56. The summed E-state index contributed by atoms with van der Waals surface area (Å²) in [6.45, 7) is 2.14. The van der Waals surface area contributed by atoms with Crippen LogP contribution in [0.1, 0.15) is 31.4 Å². The quantitative estimate of drug-likeness (QED) is 0.834. The largest absolute Gasteiger partial charge is 0.490 e. The Morgan fingerprint density at radius 3 is 3.06 bits per heavy atom. The van der Waals surface area contributed by atoms with Crippen LogP contribution in [0.4, 0.5) is 0 Å². The Kier molecular flexibility index (Phi) is 3.72. The van der Waals surface area contributed by atoms with Crippen molar-refractivity contribution >= 4 is 5.97 Å². The van der Waals surface area contributed by atoms with Crippen molar-refractivity contribution in [2.45, 2.75) is 32.0 Å². The summed E-state index contributed by atoms with van der Waals surface area (Å²) in [6.07, 6.45) is -0.271. The summed E-state index contributed by atoms with van der Waals surface area (Å²) in [4.78, 5) is 11.0. The summed E-state index contributed by atoms with van der Waals surface area (Å²) >= 11 is 0. The lowest BCUT2D eigenvalue weighted by Gasteiger charge is -2.14. The van der Waals surface area contributed by atoms with Gasteiger partial charge in [-0.25, -0.2) is 4.79 Å². The second-order valence-electron chi connectivity index (χ2n) is 4.26. The van der Waals surface area contributed by atoms with Gasteiger partial charge in [0, 0.05) is 11.6 Å². The summed E-state index contributed by atoms with van der Waals surface area (Å²) < 4.78 is 10.7. The normalized spacial score (nSPS) is 18.9. The summed E-state index contributed by atoms with van der Waals surface area (Å²) in [5.74, 6) is 0.0302. The Balaban J connectivity index is 2.12. The van der Waals surface area contributed by atoms with E-state index >= 15 is 0 Å². The first-order chi connectivity index (χ1) is 8.61. The average Bonchev–Trinajstić information content (AvgIpc) is 2.70. The first kappa shape index (κ1) is 12.7. The number of hydrogen-bond donors (Lipinski definition) is 2. The predicted octanol–water partition coefficient (Wildman–Crippen LogP) is 1.74. The molecular weight excluding hydrogens is 236 g/mol. The van der Waals surface area contributed by atoms with Crippen molar-refractivity contribution in [1.82, 2.24) is 0 Å². The predicted molar refractivity (Wildman–Crippen MR) is 63.9 cm³/mol. The van der Waals surface area contributed by atoms with E-state index in [4.69, 9.17) is 14.6 Å². The van der Waals surface area contributed by atoms with Crippen LogP contribution in [0.15, 0.2) is 18.2 Å². The number of fused-ring (bicyclic) bond motifs is 1. The molecule has 1 heterocycles. The van der Waals surface area contributed by atoms with E-state index in [1.165, 1.54) is 0 Å². The standard InChI is InChI=1S/C13H16O5/c1-2-3-11(13(15)16)18-8-4-5-9-10(14)7-17-12(9)6-8/h4-6,10-11,14H,2-3,7H2,1H3,(H,15,16). The molecule has 1 aliphatic rings. The molecule has 0 amide bonds. The Bertz CT molecular complexity index is 443. The Morgan fingerprint density at radius 2 is 2.39 bits per heavy atom. The van der Waals surface area contributed by atoms with Gasteiger partial charge in [-0.3, -0.25) is 0 Å². The fourth-order valence-electron chi connectivity index (χ4n) is 1.91. The minimum atomic E-state index is -0.974. The highest BCUT2D eigenvalue weighted by atomic mass is 16.5. The average molecular weight is 252 g/mol. The molecule has 0 radical (unpaired) electrons. The Labute approximate surface area is 105 Å². The molecular formula is C13H16O5. The van der Waals surface area contributed by atoms with Gasteiger partial charge in [-0.1, -0.05) is 13.3 Å². The van der Waals surface area contributed by atoms with Crippen LogP contribution in [0, 0.1) is 0 Å². The molecule has 5 heteroatoms. The van der Waals surface area contributed by atoms with Crippen LogP contribution in [0.5, 0.6) is 11.5 Å². The van der Waals surface area contributed by atoms with Crippen LogP contribution in [-0.4, -0.2) is 28.9 Å². The lowest BCUT2D eigenvalue weighted by Crippen LogP contribution is -2.26. The number of hydrogen-bond acceptors (Lipinski definition) is 4. The molecule has 0 fully saturated rings. The van der Waals surface area contributed by atoms with Crippen molar-refractivity contribution < 1.29 is 24.5 Å². The van der Waals surface area contributed by atoms with Gasteiger partial charge in [-0.15, -0.1) is 0 Å². The molecule has 0 bridgehead atoms. The first-order valence-electron chi connectivity index (χ1n) is 5.96. The Hall–Kier alpha value is -1.75. The first-order valence-corrected chi connectivity index (χ1v) is 5.96. The summed E-state index contributed by atoms with van der Waals surface area (Å²) in [5, 5.41) is 18.6. The van der Waals surface area contributed by atoms with Crippen LogP contribution < -0.4 is 9.47 Å². The number of carbonyl (C=O) groups is 1. The summed E-state index contributed by atoms with van der Waals surface area (Å²) in [6, 6.07) is 4.98. The van der Waals surface area contributed by atoms with Gasteiger partial charge in [0.25, 0.3) is 0 Å². The number of rotatable bonds is 5. The fraction of sp³-hybridized carbons (Fsp3) is 0.462. The van der Waals surface area contributed by atoms with Gasteiger partial charge in [-0.2, -0.15) is 0 Å². The SMILES string of the molecule is CCCC(Oc1ccc2c(c1)OCC2O)C(=O)O. The van der Waals surface area contributed by atoms with Crippen LogP contribution in [-0.2, 0) is 4.79 Å². The number of ether oxygens (including phenoxy) is 2. The summed E-state index contributed by atoms with van der Waals surface area (Å²) in [5.41, 5.74) is 0.713. The van der Waals surface area contributed by atoms with E-state index in [0.29, 0.717) is 23.5 Å². The van der Waals surface area contributed by atoms with Crippen molar-refractivity contribution in [2.24, 2.45) is 0 Å². The van der Waals surface area contributed by atoms with Gasteiger partial charge >= 0.3 is 5.97 Å². The van der Waals surface area contributed by atoms with Crippen molar-refractivity contribution in [2.75, 3.05) is 6.61 Å². The van der Waals surface area contributed by atoms with Crippen LogP contribution in [0.3, 0.4) is 0 Å². The van der Waals surface area contributed by atoms with Crippen molar-refractivity contribution in [1.29, 1.82) is 0 Å². The number of aliphatic hydroxyl groups excluding tert-OH is 1. The minimum Gasteiger partial charge on any atom is -0.490 e. The van der Waals surface area contributed by atoms with Crippen molar-refractivity contribution in [3.05, 3.63) is 23.8 Å².